The van der Waals surface area contributed by atoms with Gasteiger partial charge in [-0.2, -0.15) is 0 Å². The largest absolute Gasteiger partial charge is 0.371 e. The zero-order valence-electron chi connectivity index (χ0n) is 18.7. The van der Waals surface area contributed by atoms with Gasteiger partial charge in [-0.05, 0) is 38.2 Å². The Labute approximate surface area is 202 Å². The lowest BCUT2D eigenvalue weighted by molar-refractivity contribution is -0.134. The van der Waals surface area contributed by atoms with E-state index in [4.69, 9.17) is 11.6 Å². The number of nitrogens with zero attached hydrogens (tertiary/aromatic N) is 4. The number of rotatable bonds is 5. The summed E-state index contributed by atoms with van der Waals surface area (Å²) in [6.45, 7) is 1.98. The van der Waals surface area contributed by atoms with Crippen molar-refractivity contribution < 1.29 is 22.0 Å². The topological polar surface area (TPSA) is 95.5 Å². The van der Waals surface area contributed by atoms with Crippen LogP contribution in [0.3, 0.4) is 0 Å². The van der Waals surface area contributed by atoms with Crippen LogP contribution in [0.1, 0.15) is 32.1 Å². The highest BCUT2D eigenvalue weighted by atomic mass is 35.5. The maximum atomic E-state index is 14.6. The normalized spacial score (nSPS) is 20.4. The van der Waals surface area contributed by atoms with E-state index in [1.165, 1.54) is 6.20 Å². The molecule has 1 aromatic carbocycles. The van der Waals surface area contributed by atoms with Crippen molar-refractivity contribution in [1.82, 2.24) is 14.9 Å². The van der Waals surface area contributed by atoms with Crippen LogP contribution < -0.4 is 10.2 Å². The molecule has 1 atom stereocenters. The molecule has 1 aromatic heterocycles. The molecule has 0 unspecified atom stereocenters. The molecule has 34 heavy (non-hydrogen) atoms. The molecule has 4 rings (SSSR count). The molecule has 1 N–H and O–H groups in total. The van der Waals surface area contributed by atoms with Crippen molar-refractivity contribution >= 4 is 38.9 Å². The van der Waals surface area contributed by atoms with Gasteiger partial charge in [0.05, 0.1) is 18.1 Å². The molecule has 0 spiro atoms. The third-order valence-electron chi connectivity index (χ3n) is 6.30. The summed E-state index contributed by atoms with van der Waals surface area (Å²) in [5, 5.41) is 3.15. The van der Waals surface area contributed by atoms with Crippen molar-refractivity contribution in [2.45, 2.75) is 49.1 Å². The fourth-order valence-electron chi connectivity index (χ4n) is 4.56. The fraction of sp³-hybridized carbons (Fsp3) is 0.500. The first-order valence-electron chi connectivity index (χ1n) is 11.1. The van der Waals surface area contributed by atoms with Gasteiger partial charge in [0, 0.05) is 38.0 Å². The zero-order chi connectivity index (χ0) is 24.5. The number of hydrogen-bond acceptors (Lipinski definition) is 7. The summed E-state index contributed by atoms with van der Waals surface area (Å²) < 4.78 is 52.2. The molecule has 3 heterocycles. The van der Waals surface area contributed by atoms with Crippen molar-refractivity contribution in [2.24, 2.45) is 0 Å². The molecule has 8 nitrogen and oxygen atoms in total. The van der Waals surface area contributed by atoms with Gasteiger partial charge in [-0.15, -0.1) is 0 Å². The molecule has 1 amide bonds. The van der Waals surface area contributed by atoms with Crippen LogP contribution in [0, 0.1) is 11.6 Å². The number of aromatic nitrogens is 2. The van der Waals surface area contributed by atoms with Crippen LogP contribution in [0.2, 0.25) is 5.15 Å². The molecule has 0 saturated carbocycles. The van der Waals surface area contributed by atoms with Crippen molar-refractivity contribution in [3.63, 3.8) is 0 Å². The number of hydrogen-bond donors (Lipinski definition) is 1. The number of halogens is 3. The molecule has 2 fully saturated rings. The molecular formula is C22H26ClF2N5O3S. The number of likely N-dealkylation sites (tertiary alicyclic amines) is 1. The number of carbonyl (C=O) groups excluding carboxylic acids is 1. The standard InChI is InChI=1S/C22H26ClF2N5O3S/c1-34(32,33)19-11-15(24)18(10-16(19)25)27-17-4-2-3-7-30(22(17)31)14-5-8-29(9-6-14)21-13-26-12-20(23)28-21/h10-14,17,27H,2-9H2,1H3/t17-/m0/s1. The molecule has 0 bridgehead atoms. The molecule has 2 aliphatic rings. The lowest BCUT2D eigenvalue weighted by atomic mass is 10.0. The van der Waals surface area contributed by atoms with E-state index in [2.05, 4.69) is 20.2 Å². The molecule has 0 aliphatic carbocycles. The first-order chi connectivity index (χ1) is 16.1. The molecule has 2 aliphatic heterocycles. The Bertz CT molecular complexity index is 1180. The van der Waals surface area contributed by atoms with E-state index < -0.39 is 32.4 Å². The number of nitrogens with one attached hydrogen (secondary N) is 1. The maximum Gasteiger partial charge on any atom is 0.245 e. The summed E-state index contributed by atoms with van der Waals surface area (Å²) in [6, 6.07) is 0.754. The number of benzene rings is 1. The van der Waals surface area contributed by atoms with Crippen LogP contribution >= 0.6 is 11.6 Å². The van der Waals surface area contributed by atoms with E-state index in [0.717, 1.165) is 38.0 Å². The molecule has 2 saturated heterocycles. The highest BCUT2D eigenvalue weighted by molar-refractivity contribution is 7.90. The predicted molar refractivity (Wildman–Crippen MR) is 125 cm³/mol. The summed E-state index contributed by atoms with van der Waals surface area (Å²) in [5.74, 6) is -1.43. The molecule has 0 radical (unpaired) electrons. The molecular weight excluding hydrogens is 488 g/mol. The lowest BCUT2D eigenvalue weighted by Gasteiger charge is -2.39. The molecule has 12 heteroatoms. The van der Waals surface area contributed by atoms with Crippen molar-refractivity contribution in [2.75, 3.05) is 36.1 Å². The Morgan fingerprint density at radius 2 is 1.79 bits per heavy atom. The van der Waals surface area contributed by atoms with E-state index in [-0.39, 0.29) is 17.6 Å². The number of piperidine rings is 1. The van der Waals surface area contributed by atoms with Gasteiger partial charge < -0.3 is 15.1 Å². The molecule has 2 aromatic rings. The number of anilines is 2. The maximum absolute atomic E-state index is 14.6. The second-order valence-corrected chi connectivity index (χ2v) is 11.0. The van der Waals surface area contributed by atoms with Crippen LogP contribution in [0.5, 0.6) is 0 Å². The van der Waals surface area contributed by atoms with Gasteiger partial charge in [-0.1, -0.05) is 11.6 Å². The second-order valence-electron chi connectivity index (χ2n) is 8.68. The Morgan fingerprint density at radius 3 is 2.47 bits per heavy atom. The highest BCUT2D eigenvalue weighted by Crippen LogP contribution is 2.28. The van der Waals surface area contributed by atoms with Gasteiger partial charge >= 0.3 is 0 Å². The second kappa shape index (κ2) is 9.99. The van der Waals surface area contributed by atoms with Crippen LogP contribution in [0.15, 0.2) is 29.4 Å². The zero-order valence-corrected chi connectivity index (χ0v) is 20.2. The van der Waals surface area contributed by atoms with Gasteiger partial charge in [-0.25, -0.2) is 22.2 Å². The van der Waals surface area contributed by atoms with Crippen molar-refractivity contribution in [3.8, 4) is 0 Å². The number of amides is 1. The minimum absolute atomic E-state index is 0.0208. The summed E-state index contributed by atoms with van der Waals surface area (Å²) in [6.07, 6.45) is 7.46. The Balaban J connectivity index is 1.45. The van der Waals surface area contributed by atoms with Crippen molar-refractivity contribution in [3.05, 3.63) is 41.3 Å². The van der Waals surface area contributed by atoms with Crippen LogP contribution in [-0.4, -0.2) is 67.2 Å². The average molecular weight is 514 g/mol. The quantitative estimate of drug-likeness (QED) is 0.655. The summed E-state index contributed by atoms with van der Waals surface area (Å²) in [7, 11) is -3.91. The predicted octanol–water partition coefficient (Wildman–Crippen LogP) is 3.27. The number of sulfone groups is 1. The fourth-order valence-corrected chi connectivity index (χ4v) is 5.44. The van der Waals surface area contributed by atoms with Crippen molar-refractivity contribution in [1.29, 1.82) is 0 Å². The van der Waals surface area contributed by atoms with E-state index in [9.17, 15) is 22.0 Å². The van der Waals surface area contributed by atoms with Gasteiger partial charge in [0.15, 0.2) is 9.84 Å². The van der Waals surface area contributed by atoms with Gasteiger partial charge in [0.25, 0.3) is 0 Å². The van der Waals surface area contributed by atoms with E-state index >= 15 is 0 Å². The highest BCUT2D eigenvalue weighted by Gasteiger charge is 2.34. The average Bonchev–Trinajstić information content (AvgIpc) is 2.97. The molecule has 184 valence electrons. The van der Waals surface area contributed by atoms with E-state index in [1.54, 1.807) is 6.20 Å². The van der Waals surface area contributed by atoms with Gasteiger partial charge in [-0.3, -0.25) is 9.78 Å². The minimum atomic E-state index is -3.91. The summed E-state index contributed by atoms with van der Waals surface area (Å²) >= 11 is 5.95. The lowest BCUT2D eigenvalue weighted by Crippen LogP contribution is -2.51. The number of carbonyl (C=O) groups is 1. The monoisotopic (exact) mass is 513 g/mol. The van der Waals surface area contributed by atoms with E-state index in [0.29, 0.717) is 43.1 Å². The summed E-state index contributed by atoms with van der Waals surface area (Å²) in [4.78, 5) is 24.9. The Kier molecular flexibility index (Phi) is 7.22. The van der Waals surface area contributed by atoms with Crippen LogP contribution in [-0.2, 0) is 14.6 Å². The Hall–Kier alpha value is -2.53. The van der Waals surface area contributed by atoms with Gasteiger partial charge in [0.2, 0.25) is 5.91 Å². The Morgan fingerprint density at radius 1 is 1.06 bits per heavy atom. The minimum Gasteiger partial charge on any atom is -0.371 e. The third kappa shape index (κ3) is 5.41. The van der Waals surface area contributed by atoms with Crippen LogP contribution in [0.25, 0.3) is 0 Å². The third-order valence-corrected chi connectivity index (χ3v) is 7.59. The summed E-state index contributed by atoms with van der Waals surface area (Å²) in [5.41, 5.74) is -0.223. The smallest absolute Gasteiger partial charge is 0.245 e. The van der Waals surface area contributed by atoms with Crippen LogP contribution in [0.4, 0.5) is 20.3 Å². The van der Waals surface area contributed by atoms with E-state index in [1.807, 2.05) is 4.90 Å². The SMILES string of the molecule is CS(=O)(=O)c1cc(F)c(N[C@H]2CCCCN(C3CCN(c4cncc(Cl)n4)CC3)C2=O)cc1F. The first-order valence-corrected chi connectivity index (χ1v) is 13.4. The van der Waals surface area contributed by atoms with Gasteiger partial charge in [0.1, 0.15) is 33.5 Å². The first kappa shape index (κ1) is 24.6.